The maximum atomic E-state index is 13.1. The molecule has 1 heterocycles. The van der Waals surface area contributed by atoms with Gasteiger partial charge in [0, 0.05) is 6.42 Å². The van der Waals surface area contributed by atoms with Gasteiger partial charge in [-0.1, -0.05) is 269 Å². The number of rotatable bonds is 54. The number of hydrogen-bond donors (Lipinski definition) is 6. The average Bonchev–Trinajstić information content (AvgIpc) is 3.49. The minimum Gasteiger partial charge on any atom is -0.394 e. The summed E-state index contributed by atoms with van der Waals surface area (Å²) in [5, 5.41) is 54.5. The van der Waals surface area contributed by atoms with Crippen molar-refractivity contribution in [1.29, 1.82) is 0 Å². The summed E-state index contributed by atoms with van der Waals surface area (Å²) < 4.78 is 11.3. The molecule has 0 aromatic carbocycles. The predicted molar refractivity (Wildman–Crippen MR) is 345 cm³/mol. The second-order valence-electron chi connectivity index (χ2n) is 21.8. The summed E-state index contributed by atoms with van der Waals surface area (Å²) in [6, 6.07) is -0.838. The van der Waals surface area contributed by atoms with E-state index in [9.17, 15) is 30.3 Å². The first-order valence-electron chi connectivity index (χ1n) is 32.6. The molecule has 7 unspecified atom stereocenters. The molecule has 0 aromatic heterocycles. The quantitative estimate of drug-likeness (QED) is 0.0261. The minimum absolute atomic E-state index is 0.197. The lowest BCUT2D eigenvalue weighted by molar-refractivity contribution is -0.302. The zero-order valence-electron chi connectivity index (χ0n) is 51.2. The maximum Gasteiger partial charge on any atom is 0.220 e. The van der Waals surface area contributed by atoms with E-state index in [2.05, 4.69) is 153 Å². The first-order valence-corrected chi connectivity index (χ1v) is 32.6. The summed E-state index contributed by atoms with van der Waals surface area (Å²) in [6.45, 7) is 3.63. The molecule has 0 radical (unpaired) electrons. The van der Waals surface area contributed by atoms with Crippen LogP contribution in [0.15, 0.2) is 146 Å². The first-order chi connectivity index (χ1) is 39.8. The number of nitrogens with one attached hydrogen (secondary N) is 1. The Morgan fingerprint density at radius 1 is 0.432 bits per heavy atom. The lowest BCUT2D eigenvalue weighted by atomic mass is 9.99. The number of allylic oxidation sites excluding steroid dienone is 23. The Morgan fingerprint density at radius 2 is 0.778 bits per heavy atom. The number of aliphatic hydroxyl groups excluding tert-OH is 5. The van der Waals surface area contributed by atoms with Crippen LogP contribution in [0, 0.1) is 0 Å². The highest BCUT2D eigenvalue weighted by atomic mass is 16.7. The fourth-order valence-corrected chi connectivity index (χ4v) is 9.30. The van der Waals surface area contributed by atoms with Crippen molar-refractivity contribution >= 4 is 5.91 Å². The van der Waals surface area contributed by atoms with Gasteiger partial charge in [0.2, 0.25) is 5.91 Å². The Morgan fingerprint density at radius 3 is 1.19 bits per heavy atom. The van der Waals surface area contributed by atoms with Crippen LogP contribution in [0.1, 0.15) is 245 Å². The van der Waals surface area contributed by atoms with Crippen molar-refractivity contribution in [1.82, 2.24) is 5.32 Å². The van der Waals surface area contributed by atoms with Crippen LogP contribution in [0.4, 0.5) is 0 Å². The maximum absolute atomic E-state index is 13.1. The van der Waals surface area contributed by atoms with E-state index in [1.807, 2.05) is 6.08 Å². The summed E-state index contributed by atoms with van der Waals surface area (Å²) in [5.41, 5.74) is 0. The van der Waals surface area contributed by atoms with Crippen molar-refractivity contribution < 1.29 is 39.8 Å². The van der Waals surface area contributed by atoms with Crippen molar-refractivity contribution in [2.75, 3.05) is 13.2 Å². The van der Waals surface area contributed by atoms with Crippen LogP contribution in [0.3, 0.4) is 0 Å². The Hall–Kier alpha value is -3.93. The molecule has 1 amide bonds. The summed E-state index contributed by atoms with van der Waals surface area (Å²) in [6.07, 6.45) is 85.0. The highest BCUT2D eigenvalue weighted by molar-refractivity contribution is 5.76. The fraction of sp³-hybridized carbons (Fsp3) is 0.653. The molecule has 1 rings (SSSR count). The van der Waals surface area contributed by atoms with Gasteiger partial charge < -0.3 is 40.3 Å². The van der Waals surface area contributed by atoms with E-state index in [1.54, 1.807) is 6.08 Å². The summed E-state index contributed by atoms with van der Waals surface area (Å²) in [7, 11) is 0. The van der Waals surface area contributed by atoms with E-state index in [-0.39, 0.29) is 12.5 Å². The highest BCUT2D eigenvalue weighted by Crippen LogP contribution is 2.23. The van der Waals surface area contributed by atoms with Crippen molar-refractivity contribution in [2.24, 2.45) is 0 Å². The van der Waals surface area contributed by atoms with Crippen LogP contribution in [-0.2, 0) is 14.3 Å². The molecule has 7 atom stereocenters. The van der Waals surface area contributed by atoms with Crippen LogP contribution in [0.25, 0.3) is 0 Å². The highest BCUT2D eigenvalue weighted by Gasteiger charge is 2.44. The molecule has 0 aliphatic carbocycles. The molecular formula is C72H119NO8. The van der Waals surface area contributed by atoms with Gasteiger partial charge in [-0.2, -0.15) is 0 Å². The largest absolute Gasteiger partial charge is 0.394 e. The van der Waals surface area contributed by atoms with Gasteiger partial charge >= 0.3 is 0 Å². The molecule has 1 fully saturated rings. The third-order valence-electron chi connectivity index (χ3n) is 14.4. The van der Waals surface area contributed by atoms with Gasteiger partial charge in [-0.15, -0.1) is 0 Å². The number of ether oxygens (including phenoxy) is 2. The normalized spacial score (nSPS) is 19.4. The van der Waals surface area contributed by atoms with Gasteiger partial charge in [0.05, 0.1) is 25.4 Å². The standard InChI is InChI=1S/C72H119NO8/c1-3-5-7-9-11-13-15-17-19-21-22-23-24-25-26-27-28-29-30-31-32-33-34-35-36-37-38-39-40-41-42-43-44-46-48-50-52-54-56-58-60-62-68(76)73-65(64-80-72-71(79)70(78)69(77)67(63-74)81-72)66(75)61-59-57-55-53-51-49-47-45-20-18-16-14-12-10-8-6-4-2/h5,7,11,13,17,19-20,22-23,25-26,28-29,31-32,34-35,37-38,45,51,53,59,61,65-67,69-72,74-75,77-79H,3-4,6,8-10,12,14-16,18,21,24,27,30,33,36,39-44,46-50,52,54-58,60,62-64H2,1-2H3,(H,73,76)/b7-5-,13-11-,19-17-,23-22-,26-25-,29-28-,32-31-,35-34-,38-37-,45-20+,53-51+,61-59+. The molecule has 9 nitrogen and oxygen atoms in total. The van der Waals surface area contributed by atoms with E-state index in [0.717, 1.165) is 109 Å². The van der Waals surface area contributed by atoms with Crippen molar-refractivity contribution in [3.05, 3.63) is 146 Å². The number of unbranched alkanes of at least 4 members (excludes halogenated alkanes) is 22. The number of hydrogen-bond acceptors (Lipinski definition) is 8. The van der Waals surface area contributed by atoms with Gasteiger partial charge in [-0.3, -0.25) is 4.79 Å². The Kier molecular flexibility index (Phi) is 54.9. The van der Waals surface area contributed by atoms with E-state index < -0.39 is 49.5 Å². The van der Waals surface area contributed by atoms with Gasteiger partial charge in [-0.25, -0.2) is 0 Å². The van der Waals surface area contributed by atoms with E-state index in [4.69, 9.17) is 9.47 Å². The third-order valence-corrected chi connectivity index (χ3v) is 14.4. The molecule has 1 aliphatic heterocycles. The SMILES string of the molecule is CC/C=C\C/C=C\C/C=C\C/C=C\C/C=C\C/C=C\C/C=C\C/C=C\C/C=C\CCCCCCCCCCCCCCCC(=O)NC(COC1OC(CO)C(O)C(O)C1O)C(O)/C=C/CC/C=C/CC/C=C/CCCCCCCCC. The molecule has 9 heteroatoms. The smallest absolute Gasteiger partial charge is 0.220 e. The van der Waals surface area contributed by atoms with E-state index >= 15 is 0 Å². The summed E-state index contributed by atoms with van der Waals surface area (Å²) in [4.78, 5) is 13.1. The average molecular weight is 1130 g/mol. The summed E-state index contributed by atoms with van der Waals surface area (Å²) >= 11 is 0. The molecule has 0 bridgehead atoms. The molecule has 0 spiro atoms. The van der Waals surface area contributed by atoms with Crippen molar-refractivity contribution in [3.8, 4) is 0 Å². The molecule has 0 saturated carbocycles. The van der Waals surface area contributed by atoms with Crippen LogP contribution in [-0.4, -0.2) is 87.5 Å². The lowest BCUT2D eigenvalue weighted by Crippen LogP contribution is -2.60. The van der Waals surface area contributed by atoms with Gasteiger partial charge in [0.25, 0.3) is 0 Å². The topological polar surface area (TPSA) is 149 Å². The number of carbonyl (C=O) groups excluding carboxylic acids is 1. The predicted octanol–water partition coefficient (Wildman–Crippen LogP) is 17.4. The number of carbonyl (C=O) groups is 1. The Balaban J connectivity index is 2.14. The van der Waals surface area contributed by atoms with Gasteiger partial charge in [0.15, 0.2) is 6.29 Å². The van der Waals surface area contributed by atoms with Gasteiger partial charge in [0.1, 0.15) is 24.4 Å². The molecule has 1 saturated heterocycles. The molecule has 6 N–H and O–H groups in total. The second kappa shape index (κ2) is 59.2. The first kappa shape index (κ1) is 75.1. The molecule has 0 aromatic rings. The number of amides is 1. The zero-order chi connectivity index (χ0) is 58.6. The monoisotopic (exact) mass is 1130 g/mol. The fourth-order valence-electron chi connectivity index (χ4n) is 9.30. The molecule has 460 valence electrons. The van der Waals surface area contributed by atoms with Crippen LogP contribution < -0.4 is 5.32 Å². The minimum atomic E-state index is -1.58. The van der Waals surface area contributed by atoms with Gasteiger partial charge in [-0.05, 0) is 116 Å². The van der Waals surface area contributed by atoms with E-state index in [0.29, 0.717) is 6.42 Å². The Labute approximate surface area is 495 Å². The lowest BCUT2D eigenvalue weighted by Gasteiger charge is -2.40. The molecule has 81 heavy (non-hydrogen) atoms. The summed E-state index contributed by atoms with van der Waals surface area (Å²) in [5.74, 6) is -0.197. The zero-order valence-corrected chi connectivity index (χ0v) is 51.2. The van der Waals surface area contributed by atoms with Crippen LogP contribution in [0.2, 0.25) is 0 Å². The van der Waals surface area contributed by atoms with Crippen LogP contribution in [0.5, 0.6) is 0 Å². The molecule has 1 aliphatic rings. The number of aliphatic hydroxyl groups is 5. The Bertz CT molecular complexity index is 1780. The van der Waals surface area contributed by atoms with E-state index in [1.165, 1.54) is 116 Å². The molecular weight excluding hydrogens is 1010 g/mol. The van der Waals surface area contributed by atoms with Crippen LogP contribution >= 0.6 is 0 Å². The second-order valence-corrected chi connectivity index (χ2v) is 21.8. The van der Waals surface area contributed by atoms with Crippen molar-refractivity contribution in [3.63, 3.8) is 0 Å². The third kappa shape index (κ3) is 48.2. The van der Waals surface area contributed by atoms with Crippen molar-refractivity contribution in [2.45, 2.75) is 288 Å².